The molecule has 112 valence electrons. The maximum atomic E-state index is 12.8. The molecule has 0 saturated carbocycles. The van der Waals surface area contributed by atoms with Gasteiger partial charge in [-0.2, -0.15) is 0 Å². The Morgan fingerprint density at radius 3 is 2.70 bits per heavy atom. The molecule has 0 fully saturated rings. The monoisotopic (exact) mass is 278 g/mol. The van der Waals surface area contributed by atoms with Crippen LogP contribution in [0.4, 0.5) is 5.69 Å². The van der Waals surface area contributed by atoms with E-state index in [1.54, 1.807) is 7.11 Å². The Hall–Kier alpha value is -1.55. The molecule has 0 aromatic heterocycles. The molecular weight excluding hydrogens is 252 g/mol. The van der Waals surface area contributed by atoms with Gasteiger partial charge in [0.05, 0.1) is 12.2 Å². The molecule has 1 aromatic rings. The largest absolute Gasteiger partial charge is 0.387 e. The lowest BCUT2D eigenvalue weighted by Gasteiger charge is -2.29. The molecule has 1 N–H and O–H groups in total. The van der Waals surface area contributed by atoms with Crippen LogP contribution in [0.5, 0.6) is 0 Å². The minimum absolute atomic E-state index is 0.0563. The van der Waals surface area contributed by atoms with Crippen molar-refractivity contribution in [1.29, 1.82) is 0 Å². The first kappa shape index (κ1) is 16.5. The number of amides is 1. The molecule has 1 rings (SSSR count). The average Bonchev–Trinajstić information content (AvgIpc) is 2.46. The van der Waals surface area contributed by atoms with E-state index in [1.807, 2.05) is 37.1 Å². The smallest absolute Gasteiger partial charge is 0.256 e. The summed E-state index contributed by atoms with van der Waals surface area (Å²) in [5.41, 5.74) is 2.73. The molecule has 0 heterocycles. The van der Waals surface area contributed by atoms with Crippen molar-refractivity contribution in [2.45, 2.75) is 33.2 Å². The molecule has 0 spiro atoms. The van der Waals surface area contributed by atoms with E-state index in [1.165, 1.54) is 0 Å². The number of benzene rings is 1. The number of carbonyl (C=O) groups excluding carboxylic acids is 1. The quantitative estimate of drug-likeness (QED) is 0.834. The summed E-state index contributed by atoms with van der Waals surface area (Å²) in [5.74, 6) is 0.0563. The molecule has 1 atom stereocenters. The van der Waals surface area contributed by atoms with Crippen LogP contribution in [0.3, 0.4) is 0 Å². The number of aryl methyl sites for hydroxylation is 1. The van der Waals surface area contributed by atoms with Gasteiger partial charge in [0.25, 0.3) is 5.91 Å². The number of ether oxygens (including phenoxy) is 1. The molecule has 0 radical (unpaired) electrons. The van der Waals surface area contributed by atoms with Crippen LogP contribution in [0, 0.1) is 6.92 Å². The fourth-order valence-electron chi connectivity index (χ4n) is 2.14. The number of rotatable bonds is 7. The van der Waals surface area contributed by atoms with Gasteiger partial charge in [0, 0.05) is 32.4 Å². The highest BCUT2D eigenvalue weighted by molar-refractivity contribution is 5.99. The minimum Gasteiger partial charge on any atom is -0.387 e. The lowest BCUT2D eigenvalue weighted by Crippen LogP contribution is -2.40. The van der Waals surface area contributed by atoms with Crippen LogP contribution in [0.15, 0.2) is 18.2 Å². The molecular formula is C16H26N2O2. The van der Waals surface area contributed by atoms with E-state index in [4.69, 9.17) is 4.74 Å². The van der Waals surface area contributed by atoms with Crippen molar-refractivity contribution in [3.05, 3.63) is 29.3 Å². The Labute approximate surface area is 122 Å². The maximum Gasteiger partial charge on any atom is 0.256 e. The van der Waals surface area contributed by atoms with E-state index < -0.39 is 0 Å². The topological polar surface area (TPSA) is 41.6 Å². The van der Waals surface area contributed by atoms with E-state index in [-0.39, 0.29) is 11.9 Å². The second kappa shape index (κ2) is 7.90. The first-order valence-electron chi connectivity index (χ1n) is 7.13. The van der Waals surface area contributed by atoms with E-state index in [0.29, 0.717) is 13.2 Å². The van der Waals surface area contributed by atoms with Crippen molar-refractivity contribution in [2.75, 3.05) is 32.6 Å². The predicted octanol–water partition coefficient (Wildman–Crippen LogP) is 2.92. The van der Waals surface area contributed by atoms with Crippen molar-refractivity contribution in [3.8, 4) is 0 Å². The van der Waals surface area contributed by atoms with Gasteiger partial charge in [-0.1, -0.05) is 13.0 Å². The third-order valence-corrected chi connectivity index (χ3v) is 3.59. The number of hydrogen-bond acceptors (Lipinski definition) is 3. The highest BCUT2D eigenvalue weighted by atomic mass is 16.5. The highest BCUT2D eigenvalue weighted by Crippen LogP contribution is 2.20. The fraction of sp³-hybridized carbons (Fsp3) is 0.562. The molecule has 0 bridgehead atoms. The first-order valence-corrected chi connectivity index (χ1v) is 7.13. The van der Waals surface area contributed by atoms with E-state index >= 15 is 0 Å². The molecule has 0 saturated heterocycles. The second-order valence-electron chi connectivity index (χ2n) is 5.05. The lowest BCUT2D eigenvalue weighted by molar-refractivity contribution is 0.0615. The number of carbonyl (C=O) groups is 1. The summed E-state index contributed by atoms with van der Waals surface area (Å²) in [6.07, 6.45) is 0.927. The zero-order valence-electron chi connectivity index (χ0n) is 13.2. The molecule has 0 aliphatic carbocycles. The highest BCUT2D eigenvalue weighted by Gasteiger charge is 2.22. The summed E-state index contributed by atoms with van der Waals surface area (Å²) in [6.45, 7) is 7.34. The SMILES string of the molecule is CCC(C)N(CCOC)C(=O)c1ccc(C)cc1NC. The zero-order chi connectivity index (χ0) is 15.1. The molecule has 4 nitrogen and oxygen atoms in total. The van der Waals surface area contributed by atoms with Gasteiger partial charge in [0.15, 0.2) is 0 Å². The van der Waals surface area contributed by atoms with Crippen LogP contribution in [0.2, 0.25) is 0 Å². The van der Waals surface area contributed by atoms with Crippen molar-refractivity contribution < 1.29 is 9.53 Å². The fourth-order valence-corrected chi connectivity index (χ4v) is 2.14. The van der Waals surface area contributed by atoms with Crippen molar-refractivity contribution in [1.82, 2.24) is 4.90 Å². The predicted molar refractivity (Wildman–Crippen MR) is 83.4 cm³/mol. The van der Waals surface area contributed by atoms with Gasteiger partial charge in [-0.25, -0.2) is 0 Å². The van der Waals surface area contributed by atoms with Crippen LogP contribution in [-0.4, -0.2) is 44.2 Å². The molecule has 1 amide bonds. The summed E-state index contributed by atoms with van der Waals surface area (Å²) < 4.78 is 5.12. The van der Waals surface area contributed by atoms with Gasteiger partial charge in [-0.15, -0.1) is 0 Å². The van der Waals surface area contributed by atoms with Gasteiger partial charge in [-0.05, 0) is 38.0 Å². The maximum absolute atomic E-state index is 12.8. The summed E-state index contributed by atoms with van der Waals surface area (Å²) in [4.78, 5) is 14.7. The number of hydrogen-bond donors (Lipinski definition) is 1. The summed E-state index contributed by atoms with van der Waals surface area (Å²) in [5, 5.41) is 3.11. The Kier molecular flexibility index (Phi) is 6.52. The van der Waals surface area contributed by atoms with E-state index in [9.17, 15) is 4.79 Å². The summed E-state index contributed by atoms with van der Waals surface area (Å²) in [6, 6.07) is 6.06. The molecule has 1 aromatic carbocycles. The number of anilines is 1. The number of methoxy groups -OCH3 is 1. The Balaban J connectivity index is 3.04. The summed E-state index contributed by atoms with van der Waals surface area (Å²) >= 11 is 0. The second-order valence-corrected chi connectivity index (χ2v) is 5.05. The lowest BCUT2D eigenvalue weighted by atomic mass is 10.1. The molecule has 20 heavy (non-hydrogen) atoms. The van der Waals surface area contributed by atoms with Gasteiger partial charge in [0.2, 0.25) is 0 Å². The van der Waals surface area contributed by atoms with Crippen LogP contribution in [-0.2, 0) is 4.74 Å². The average molecular weight is 278 g/mol. The van der Waals surface area contributed by atoms with Crippen molar-refractivity contribution in [2.24, 2.45) is 0 Å². The van der Waals surface area contributed by atoms with Crippen LogP contribution in [0.1, 0.15) is 36.2 Å². The molecule has 1 unspecified atom stereocenters. The van der Waals surface area contributed by atoms with Gasteiger partial charge in [-0.3, -0.25) is 4.79 Å². The first-order chi connectivity index (χ1) is 9.54. The zero-order valence-corrected chi connectivity index (χ0v) is 13.2. The Morgan fingerprint density at radius 1 is 1.45 bits per heavy atom. The van der Waals surface area contributed by atoms with Crippen LogP contribution >= 0.6 is 0 Å². The number of nitrogens with one attached hydrogen (secondary N) is 1. The van der Waals surface area contributed by atoms with Gasteiger partial charge in [0.1, 0.15) is 0 Å². The van der Waals surface area contributed by atoms with Gasteiger partial charge >= 0.3 is 0 Å². The minimum atomic E-state index is 0.0563. The Bertz CT molecular complexity index is 446. The normalized spacial score (nSPS) is 12.1. The van der Waals surface area contributed by atoms with E-state index in [2.05, 4.69) is 19.2 Å². The van der Waals surface area contributed by atoms with Crippen LogP contribution in [0.25, 0.3) is 0 Å². The standard InChI is InChI=1S/C16H26N2O2/c1-6-13(3)18(9-10-20-5)16(19)14-8-7-12(2)11-15(14)17-4/h7-8,11,13,17H,6,9-10H2,1-5H3. The van der Waals surface area contributed by atoms with Crippen molar-refractivity contribution in [3.63, 3.8) is 0 Å². The molecule has 0 aliphatic rings. The molecule has 0 aliphatic heterocycles. The van der Waals surface area contributed by atoms with Gasteiger partial charge < -0.3 is 15.0 Å². The van der Waals surface area contributed by atoms with Crippen LogP contribution < -0.4 is 5.32 Å². The van der Waals surface area contributed by atoms with E-state index in [0.717, 1.165) is 23.2 Å². The summed E-state index contributed by atoms with van der Waals surface area (Å²) in [7, 11) is 3.50. The number of nitrogens with zero attached hydrogens (tertiary/aromatic N) is 1. The Morgan fingerprint density at radius 2 is 2.15 bits per heavy atom. The third-order valence-electron chi connectivity index (χ3n) is 3.59. The molecule has 4 heteroatoms. The third kappa shape index (κ3) is 3.97. The van der Waals surface area contributed by atoms with Crippen molar-refractivity contribution >= 4 is 11.6 Å².